The van der Waals surface area contributed by atoms with Gasteiger partial charge in [-0.2, -0.15) is 0 Å². The molecule has 0 saturated heterocycles. The van der Waals surface area contributed by atoms with Crippen molar-refractivity contribution < 1.29 is 14.0 Å². The standard InChI is InChI=1S/C20H16FN3O2/c1-2-16-23-17-14-8-7-13(22-10-11-3-5-12(21)6-4-11)9-15(14)19(25)20(26)18(17)24-16/h3-9,22H,2,10H2,1H3,(H,23,24). The van der Waals surface area contributed by atoms with Gasteiger partial charge in [0.15, 0.2) is 0 Å². The van der Waals surface area contributed by atoms with Crippen LogP contribution in [-0.4, -0.2) is 21.5 Å². The number of H-pyrrole nitrogens is 1. The molecule has 2 aromatic carbocycles. The minimum Gasteiger partial charge on any atom is -0.381 e. The first kappa shape index (κ1) is 16.2. The Morgan fingerprint density at radius 1 is 1.04 bits per heavy atom. The number of rotatable bonds is 4. The molecule has 2 N–H and O–H groups in total. The van der Waals surface area contributed by atoms with Crippen LogP contribution in [0.4, 0.5) is 10.1 Å². The summed E-state index contributed by atoms with van der Waals surface area (Å²) < 4.78 is 13.0. The van der Waals surface area contributed by atoms with Gasteiger partial charge in [0.2, 0.25) is 5.78 Å². The van der Waals surface area contributed by atoms with Crippen LogP contribution in [0, 0.1) is 5.82 Å². The number of Topliss-reactive ketones (excluding diaryl/α,β-unsaturated/α-hetero) is 2. The van der Waals surface area contributed by atoms with Crippen LogP contribution in [0.25, 0.3) is 11.3 Å². The number of anilines is 1. The van der Waals surface area contributed by atoms with E-state index in [1.54, 1.807) is 24.3 Å². The van der Waals surface area contributed by atoms with Crippen LogP contribution < -0.4 is 5.32 Å². The Kier molecular flexibility index (Phi) is 3.88. The lowest BCUT2D eigenvalue weighted by Crippen LogP contribution is -2.21. The molecule has 0 bridgehead atoms. The highest BCUT2D eigenvalue weighted by molar-refractivity contribution is 6.52. The number of fused-ring (bicyclic) bond motifs is 3. The molecule has 0 fully saturated rings. The molecule has 0 atom stereocenters. The van der Waals surface area contributed by atoms with Crippen molar-refractivity contribution in [1.82, 2.24) is 9.97 Å². The number of benzene rings is 2. The second-order valence-electron chi connectivity index (χ2n) is 6.16. The number of nitrogens with one attached hydrogen (secondary N) is 2. The van der Waals surface area contributed by atoms with Crippen molar-refractivity contribution in [2.45, 2.75) is 19.9 Å². The minimum absolute atomic E-state index is 0.270. The summed E-state index contributed by atoms with van der Waals surface area (Å²) in [5.74, 6) is -0.699. The summed E-state index contributed by atoms with van der Waals surface area (Å²) in [5, 5.41) is 3.19. The van der Waals surface area contributed by atoms with Gasteiger partial charge in [0.25, 0.3) is 5.78 Å². The summed E-state index contributed by atoms with van der Waals surface area (Å²) in [6.45, 7) is 2.41. The number of aryl methyl sites for hydroxylation is 1. The lowest BCUT2D eigenvalue weighted by molar-refractivity contribution is 0.0812. The zero-order chi connectivity index (χ0) is 18.3. The Morgan fingerprint density at radius 3 is 2.54 bits per heavy atom. The zero-order valence-corrected chi connectivity index (χ0v) is 14.1. The fraction of sp³-hybridized carbons (Fsp3) is 0.150. The van der Waals surface area contributed by atoms with Crippen molar-refractivity contribution in [2.24, 2.45) is 0 Å². The van der Waals surface area contributed by atoms with Crippen LogP contribution in [0.15, 0.2) is 42.5 Å². The van der Waals surface area contributed by atoms with Crippen LogP contribution in [0.3, 0.4) is 0 Å². The number of hydrogen-bond acceptors (Lipinski definition) is 4. The molecule has 3 aromatic rings. The molecule has 26 heavy (non-hydrogen) atoms. The number of hydrogen-bond donors (Lipinski definition) is 2. The first-order valence-corrected chi connectivity index (χ1v) is 8.37. The van der Waals surface area contributed by atoms with Crippen LogP contribution >= 0.6 is 0 Å². The van der Waals surface area contributed by atoms with Gasteiger partial charge in [0.05, 0.1) is 0 Å². The number of nitrogens with zero attached hydrogens (tertiary/aromatic N) is 1. The SMILES string of the molecule is CCc1nc2c([nH]1)C(=O)C(=O)c1cc(NCc3ccc(F)cc3)ccc1-2. The smallest absolute Gasteiger partial charge is 0.251 e. The minimum atomic E-state index is -0.560. The maximum absolute atomic E-state index is 13.0. The molecule has 0 radical (unpaired) electrons. The lowest BCUT2D eigenvalue weighted by Gasteiger charge is -2.15. The van der Waals surface area contributed by atoms with Gasteiger partial charge in [-0.1, -0.05) is 19.1 Å². The Labute approximate surface area is 149 Å². The third-order valence-corrected chi connectivity index (χ3v) is 4.45. The first-order chi connectivity index (χ1) is 12.6. The monoisotopic (exact) mass is 349 g/mol. The summed E-state index contributed by atoms with van der Waals surface area (Å²) in [6.07, 6.45) is 0.654. The third-order valence-electron chi connectivity index (χ3n) is 4.45. The van der Waals surface area contributed by atoms with Gasteiger partial charge in [0.1, 0.15) is 23.0 Å². The molecule has 1 heterocycles. The Morgan fingerprint density at radius 2 is 1.81 bits per heavy atom. The summed E-state index contributed by atoms with van der Waals surface area (Å²) in [6, 6.07) is 11.5. The molecule has 0 aliphatic heterocycles. The fourth-order valence-electron chi connectivity index (χ4n) is 3.04. The van der Waals surface area contributed by atoms with E-state index >= 15 is 0 Å². The van der Waals surface area contributed by atoms with Gasteiger partial charge >= 0.3 is 0 Å². The highest BCUT2D eigenvalue weighted by Crippen LogP contribution is 2.33. The highest BCUT2D eigenvalue weighted by atomic mass is 19.1. The Bertz CT molecular complexity index is 1020. The molecular weight excluding hydrogens is 333 g/mol. The highest BCUT2D eigenvalue weighted by Gasteiger charge is 2.33. The largest absolute Gasteiger partial charge is 0.381 e. The quantitative estimate of drug-likeness (QED) is 0.703. The predicted octanol–water partition coefficient (Wildman–Crippen LogP) is 3.77. The summed E-state index contributed by atoms with van der Waals surface area (Å²) in [4.78, 5) is 32.2. The summed E-state index contributed by atoms with van der Waals surface area (Å²) in [7, 11) is 0. The molecule has 0 unspecified atom stereocenters. The fourth-order valence-corrected chi connectivity index (χ4v) is 3.04. The van der Waals surface area contributed by atoms with Gasteiger partial charge in [0, 0.05) is 29.8 Å². The van der Waals surface area contributed by atoms with Crippen LogP contribution in [-0.2, 0) is 13.0 Å². The molecule has 0 saturated carbocycles. The second kappa shape index (κ2) is 6.22. The molecule has 6 heteroatoms. The number of halogens is 1. The topological polar surface area (TPSA) is 74.8 Å². The summed E-state index contributed by atoms with van der Waals surface area (Å²) in [5.41, 5.74) is 3.43. The van der Waals surface area contributed by atoms with E-state index in [0.29, 0.717) is 41.3 Å². The molecule has 4 rings (SSSR count). The van der Waals surface area contributed by atoms with Crippen LogP contribution in [0.5, 0.6) is 0 Å². The molecule has 0 amide bonds. The zero-order valence-electron chi connectivity index (χ0n) is 14.1. The van der Waals surface area contributed by atoms with Crippen LogP contribution in [0.1, 0.15) is 39.2 Å². The normalized spacial score (nSPS) is 12.7. The maximum Gasteiger partial charge on any atom is 0.251 e. The van der Waals surface area contributed by atoms with Crippen molar-refractivity contribution in [3.63, 3.8) is 0 Å². The Balaban J connectivity index is 1.65. The number of aromatic amines is 1. The number of imidazole rings is 1. The first-order valence-electron chi connectivity index (χ1n) is 8.37. The average molecular weight is 349 g/mol. The number of aromatic nitrogens is 2. The third kappa shape index (κ3) is 2.69. The van der Waals surface area contributed by atoms with E-state index in [0.717, 1.165) is 5.56 Å². The molecule has 1 aliphatic carbocycles. The Hall–Kier alpha value is -3.28. The van der Waals surface area contributed by atoms with E-state index < -0.39 is 11.6 Å². The molecular formula is C20H16FN3O2. The van der Waals surface area contributed by atoms with E-state index in [2.05, 4.69) is 15.3 Å². The van der Waals surface area contributed by atoms with Crippen molar-refractivity contribution >= 4 is 17.3 Å². The lowest BCUT2D eigenvalue weighted by atomic mass is 9.90. The van der Waals surface area contributed by atoms with Crippen molar-refractivity contribution in [1.29, 1.82) is 0 Å². The van der Waals surface area contributed by atoms with Gasteiger partial charge in [-0.25, -0.2) is 9.37 Å². The van der Waals surface area contributed by atoms with E-state index in [1.165, 1.54) is 12.1 Å². The van der Waals surface area contributed by atoms with Gasteiger partial charge in [-0.3, -0.25) is 9.59 Å². The van der Waals surface area contributed by atoms with Gasteiger partial charge in [-0.05, 0) is 35.9 Å². The van der Waals surface area contributed by atoms with E-state index in [4.69, 9.17) is 0 Å². The molecule has 130 valence electrons. The van der Waals surface area contributed by atoms with E-state index in [-0.39, 0.29) is 11.5 Å². The molecule has 5 nitrogen and oxygen atoms in total. The van der Waals surface area contributed by atoms with E-state index in [9.17, 15) is 14.0 Å². The number of carbonyl (C=O) groups excluding carboxylic acids is 2. The maximum atomic E-state index is 13.0. The van der Waals surface area contributed by atoms with Crippen molar-refractivity contribution in [2.75, 3.05) is 5.32 Å². The van der Waals surface area contributed by atoms with Crippen molar-refractivity contribution in [3.05, 3.63) is 70.9 Å². The van der Waals surface area contributed by atoms with Crippen molar-refractivity contribution in [3.8, 4) is 11.3 Å². The average Bonchev–Trinajstić information content (AvgIpc) is 3.10. The second-order valence-corrected chi connectivity index (χ2v) is 6.16. The number of ketones is 2. The number of carbonyl (C=O) groups is 2. The molecule has 1 aliphatic rings. The van der Waals surface area contributed by atoms with E-state index in [1.807, 2.05) is 13.0 Å². The molecule has 1 aromatic heterocycles. The predicted molar refractivity (Wildman–Crippen MR) is 95.8 cm³/mol. The van der Waals surface area contributed by atoms with Crippen LogP contribution in [0.2, 0.25) is 0 Å². The molecule has 0 spiro atoms. The van der Waals surface area contributed by atoms with Gasteiger partial charge in [-0.15, -0.1) is 0 Å². The van der Waals surface area contributed by atoms with Gasteiger partial charge < -0.3 is 10.3 Å². The summed E-state index contributed by atoms with van der Waals surface area (Å²) >= 11 is 0.